The lowest BCUT2D eigenvalue weighted by atomic mass is 9.97. The van der Waals surface area contributed by atoms with Crippen LogP contribution in [0.1, 0.15) is 34.3 Å². The van der Waals surface area contributed by atoms with E-state index in [1.165, 1.54) is 26.4 Å². The van der Waals surface area contributed by atoms with E-state index in [0.29, 0.717) is 22.6 Å². The first-order chi connectivity index (χ1) is 11.5. The summed E-state index contributed by atoms with van der Waals surface area (Å²) in [5, 5.41) is 9.94. The molecular formula is C19H17FO4. The zero-order chi connectivity index (χ0) is 17.4. The molecule has 0 aromatic heterocycles. The Labute approximate surface area is 139 Å². The molecule has 0 aliphatic heterocycles. The van der Waals surface area contributed by atoms with Crippen molar-refractivity contribution in [3.63, 3.8) is 0 Å². The molecule has 0 fully saturated rings. The molecule has 3 rings (SSSR count). The van der Waals surface area contributed by atoms with Crippen molar-refractivity contribution in [2.75, 3.05) is 14.2 Å². The van der Waals surface area contributed by atoms with Gasteiger partial charge >= 0.3 is 0 Å². The fourth-order valence-electron chi connectivity index (χ4n) is 3.02. The van der Waals surface area contributed by atoms with Crippen molar-refractivity contribution in [3.8, 4) is 17.2 Å². The average Bonchev–Trinajstić information content (AvgIpc) is 2.83. The van der Waals surface area contributed by atoms with Crippen molar-refractivity contribution in [1.82, 2.24) is 0 Å². The average molecular weight is 328 g/mol. The second-order valence-corrected chi connectivity index (χ2v) is 5.65. The summed E-state index contributed by atoms with van der Waals surface area (Å²) in [4.78, 5) is 12.6. The largest absolute Gasteiger partial charge is 0.507 e. The second kappa shape index (κ2) is 6.00. The van der Waals surface area contributed by atoms with Crippen LogP contribution in [0.15, 0.2) is 35.9 Å². The van der Waals surface area contributed by atoms with Crippen LogP contribution in [-0.2, 0) is 0 Å². The number of Topliss-reactive ketones (excluding diaryl/α,β-unsaturated/α-hetero) is 1. The summed E-state index contributed by atoms with van der Waals surface area (Å²) in [6.07, 6.45) is 1.68. The highest BCUT2D eigenvalue weighted by molar-refractivity contribution is 6.18. The van der Waals surface area contributed by atoms with E-state index in [1.807, 2.05) is 0 Å². The smallest absolute Gasteiger partial charge is 0.193 e. The number of phenols is 1. The molecule has 0 saturated carbocycles. The topological polar surface area (TPSA) is 55.8 Å². The number of ether oxygens (including phenoxy) is 2. The van der Waals surface area contributed by atoms with E-state index in [0.717, 1.165) is 0 Å². The fourth-order valence-corrected chi connectivity index (χ4v) is 3.02. The Balaban J connectivity index is 2.12. The predicted molar refractivity (Wildman–Crippen MR) is 88.3 cm³/mol. The van der Waals surface area contributed by atoms with Gasteiger partial charge in [0.2, 0.25) is 0 Å². The van der Waals surface area contributed by atoms with E-state index in [9.17, 15) is 14.3 Å². The Hall–Kier alpha value is -2.82. The van der Waals surface area contributed by atoms with Gasteiger partial charge in [0.05, 0.1) is 19.8 Å². The molecule has 0 amide bonds. The molecule has 0 saturated heterocycles. The number of hydrogen-bond donors (Lipinski definition) is 1. The van der Waals surface area contributed by atoms with Gasteiger partial charge in [0.1, 0.15) is 23.1 Å². The number of fused-ring (bicyclic) bond motifs is 1. The van der Waals surface area contributed by atoms with Crippen LogP contribution >= 0.6 is 0 Å². The van der Waals surface area contributed by atoms with Crippen molar-refractivity contribution in [1.29, 1.82) is 0 Å². The van der Waals surface area contributed by atoms with Gasteiger partial charge in [0.15, 0.2) is 5.78 Å². The van der Waals surface area contributed by atoms with Gasteiger partial charge in [-0.3, -0.25) is 4.79 Å². The molecule has 0 heterocycles. The number of methoxy groups -OCH3 is 2. The normalized spacial score (nSPS) is 17.9. The lowest BCUT2D eigenvalue weighted by molar-refractivity contribution is 0.103. The molecule has 2 aromatic carbocycles. The number of rotatable bonds is 3. The van der Waals surface area contributed by atoms with Gasteiger partial charge in [0, 0.05) is 23.1 Å². The Morgan fingerprint density at radius 3 is 2.29 bits per heavy atom. The standard InChI is InChI=1S/C19H17FO4/c1-10-14(8-11-6-12(23-2)9-13(7-11)24-3)19(22)18-16(21)5-4-15(20)17(10)18/h4-10,21H,1-3H3/b14-8-/t10-/m0/s1. The molecule has 2 aromatic rings. The summed E-state index contributed by atoms with van der Waals surface area (Å²) >= 11 is 0. The molecule has 0 bridgehead atoms. The number of hydrogen-bond acceptors (Lipinski definition) is 4. The minimum atomic E-state index is -0.490. The summed E-state index contributed by atoms with van der Waals surface area (Å²) in [5.41, 5.74) is 1.40. The monoisotopic (exact) mass is 328 g/mol. The molecular weight excluding hydrogens is 311 g/mol. The third kappa shape index (κ3) is 2.52. The van der Waals surface area contributed by atoms with E-state index in [-0.39, 0.29) is 22.7 Å². The minimum absolute atomic E-state index is 0.0450. The third-order valence-electron chi connectivity index (χ3n) is 4.26. The molecule has 5 heteroatoms. The van der Waals surface area contributed by atoms with Gasteiger partial charge in [-0.25, -0.2) is 4.39 Å². The van der Waals surface area contributed by atoms with Crippen LogP contribution < -0.4 is 9.47 Å². The van der Waals surface area contributed by atoms with E-state index in [2.05, 4.69) is 0 Å². The van der Waals surface area contributed by atoms with E-state index in [1.54, 1.807) is 31.2 Å². The Bertz CT molecular complexity index is 832. The zero-order valence-corrected chi connectivity index (χ0v) is 13.6. The molecule has 1 aliphatic carbocycles. The highest BCUT2D eigenvalue weighted by Crippen LogP contribution is 2.43. The van der Waals surface area contributed by atoms with E-state index >= 15 is 0 Å². The molecule has 0 spiro atoms. The number of carbonyl (C=O) groups excluding carboxylic acids is 1. The first-order valence-corrected chi connectivity index (χ1v) is 7.47. The zero-order valence-electron chi connectivity index (χ0n) is 13.6. The van der Waals surface area contributed by atoms with Crippen LogP contribution in [0.4, 0.5) is 4.39 Å². The Morgan fingerprint density at radius 1 is 1.12 bits per heavy atom. The van der Waals surface area contributed by atoms with Crippen LogP contribution in [0, 0.1) is 5.82 Å². The van der Waals surface area contributed by atoms with E-state index in [4.69, 9.17) is 9.47 Å². The SMILES string of the molecule is COc1cc(/C=C2\C(=O)c3c(O)ccc(F)c3[C@H]2C)cc(OC)c1. The molecule has 0 unspecified atom stereocenters. The number of ketones is 1. The highest BCUT2D eigenvalue weighted by atomic mass is 19.1. The maximum Gasteiger partial charge on any atom is 0.193 e. The van der Waals surface area contributed by atoms with Crippen molar-refractivity contribution in [3.05, 3.63) is 58.4 Å². The number of benzene rings is 2. The molecule has 4 nitrogen and oxygen atoms in total. The van der Waals surface area contributed by atoms with Gasteiger partial charge < -0.3 is 14.6 Å². The first kappa shape index (κ1) is 16.1. The molecule has 124 valence electrons. The summed E-state index contributed by atoms with van der Waals surface area (Å²) in [7, 11) is 3.08. The van der Waals surface area contributed by atoms with E-state index < -0.39 is 11.7 Å². The summed E-state index contributed by atoms with van der Waals surface area (Å²) < 4.78 is 24.6. The minimum Gasteiger partial charge on any atom is -0.507 e. The summed E-state index contributed by atoms with van der Waals surface area (Å²) in [5.74, 6) is -0.324. The first-order valence-electron chi connectivity index (χ1n) is 7.47. The molecule has 1 atom stereocenters. The van der Waals surface area contributed by atoms with Crippen LogP contribution in [0.2, 0.25) is 0 Å². The Kier molecular flexibility index (Phi) is 4.01. The van der Waals surface area contributed by atoms with Gasteiger partial charge in [-0.05, 0) is 35.9 Å². The van der Waals surface area contributed by atoms with Gasteiger partial charge in [-0.2, -0.15) is 0 Å². The molecule has 1 N–H and O–H groups in total. The number of halogens is 1. The summed E-state index contributed by atoms with van der Waals surface area (Å²) in [6.45, 7) is 1.75. The second-order valence-electron chi connectivity index (χ2n) is 5.65. The lowest BCUT2D eigenvalue weighted by Gasteiger charge is -2.09. The third-order valence-corrected chi connectivity index (χ3v) is 4.26. The maximum atomic E-state index is 14.1. The number of phenolic OH excluding ortho intramolecular Hbond substituents is 1. The van der Waals surface area contributed by atoms with Crippen LogP contribution in [-0.4, -0.2) is 25.1 Å². The summed E-state index contributed by atoms with van der Waals surface area (Å²) in [6, 6.07) is 7.62. The lowest BCUT2D eigenvalue weighted by Crippen LogP contribution is -1.98. The molecule has 24 heavy (non-hydrogen) atoms. The van der Waals surface area contributed by atoms with Gasteiger partial charge in [0.25, 0.3) is 0 Å². The van der Waals surface area contributed by atoms with Crippen molar-refractivity contribution >= 4 is 11.9 Å². The fraction of sp³-hybridized carbons (Fsp3) is 0.211. The molecule has 1 aliphatic rings. The van der Waals surface area contributed by atoms with Crippen molar-refractivity contribution in [2.45, 2.75) is 12.8 Å². The molecule has 0 radical (unpaired) electrons. The highest BCUT2D eigenvalue weighted by Gasteiger charge is 2.36. The number of allylic oxidation sites excluding steroid dienone is 1. The van der Waals surface area contributed by atoms with Crippen molar-refractivity contribution < 1.29 is 23.8 Å². The Morgan fingerprint density at radius 2 is 1.75 bits per heavy atom. The quantitative estimate of drug-likeness (QED) is 0.867. The van der Waals surface area contributed by atoms with Crippen LogP contribution in [0.3, 0.4) is 0 Å². The number of carbonyl (C=O) groups is 1. The van der Waals surface area contributed by atoms with Crippen molar-refractivity contribution in [2.24, 2.45) is 0 Å². The predicted octanol–water partition coefficient (Wildman–Crippen LogP) is 3.93. The van der Waals surface area contributed by atoms with Gasteiger partial charge in [-0.1, -0.05) is 6.92 Å². The van der Waals surface area contributed by atoms with Crippen LogP contribution in [0.25, 0.3) is 6.08 Å². The van der Waals surface area contributed by atoms with Gasteiger partial charge in [-0.15, -0.1) is 0 Å². The maximum absolute atomic E-state index is 14.1. The van der Waals surface area contributed by atoms with Crippen LogP contribution in [0.5, 0.6) is 17.2 Å². The number of aromatic hydroxyl groups is 1.